The van der Waals surface area contributed by atoms with Gasteiger partial charge in [0.15, 0.2) is 0 Å². The third-order valence-corrected chi connectivity index (χ3v) is 4.08. The summed E-state index contributed by atoms with van der Waals surface area (Å²) in [6, 6.07) is 19.0. The predicted octanol–water partition coefficient (Wildman–Crippen LogP) is 3.10. The summed E-state index contributed by atoms with van der Waals surface area (Å²) in [5, 5.41) is 3.26. The van der Waals surface area contributed by atoms with Crippen LogP contribution in [0, 0.1) is 0 Å². The van der Waals surface area contributed by atoms with Gasteiger partial charge in [-0.05, 0) is 31.3 Å². The van der Waals surface area contributed by atoms with E-state index in [-0.39, 0.29) is 11.1 Å². The lowest BCUT2D eigenvalue weighted by Crippen LogP contribution is -2.46. The molecule has 112 valence electrons. The van der Waals surface area contributed by atoms with E-state index >= 15 is 0 Å². The van der Waals surface area contributed by atoms with E-state index in [1.807, 2.05) is 60.7 Å². The van der Waals surface area contributed by atoms with Gasteiger partial charge < -0.3 is 4.74 Å². The largest absolute Gasteiger partial charge is 0.448 e. The molecule has 0 radical (unpaired) electrons. The second kappa shape index (κ2) is 5.42. The van der Waals surface area contributed by atoms with Gasteiger partial charge in [0.05, 0.1) is 5.69 Å². The molecule has 3 rings (SSSR count). The Morgan fingerprint density at radius 3 is 2.18 bits per heavy atom. The zero-order chi connectivity index (χ0) is 15.7. The quantitative estimate of drug-likeness (QED) is 0.815. The first-order chi connectivity index (χ1) is 10.5. The van der Waals surface area contributed by atoms with Crippen molar-refractivity contribution in [2.45, 2.75) is 12.5 Å². The Hall–Kier alpha value is -2.40. The van der Waals surface area contributed by atoms with Crippen LogP contribution in [0.3, 0.4) is 0 Å². The van der Waals surface area contributed by atoms with Crippen LogP contribution in [-0.2, 0) is 15.1 Å². The van der Waals surface area contributed by atoms with Gasteiger partial charge in [-0.1, -0.05) is 48.5 Å². The number of amides is 1. The van der Waals surface area contributed by atoms with Crippen LogP contribution >= 0.6 is 12.2 Å². The highest BCUT2D eigenvalue weighted by atomic mass is 32.1. The van der Waals surface area contributed by atoms with Crippen LogP contribution in [0.1, 0.15) is 12.5 Å². The summed E-state index contributed by atoms with van der Waals surface area (Å²) in [5.41, 5.74) is 0.548. The van der Waals surface area contributed by atoms with E-state index in [4.69, 9.17) is 17.0 Å². The maximum atomic E-state index is 12.9. The first-order valence-electron chi connectivity index (χ1n) is 6.96. The highest BCUT2D eigenvalue weighted by Crippen LogP contribution is 2.35. The average Bonchev–Trinajstić information content (AvgIpc) is 2.79. The van der Waals surface area contributed by atoms with E-state index in [1.165, 1.54) is 5.01 Å². The number of carbonyl (C=O) groups excluding carboxylic acids is 1. The Morgan fingerprint density at radius 2 is 1.59 bits per heavy atom. The van der Waals surface area contributed by atoms with Crippen LogP contribution in [0.5, 0.6) is 0 Å². The van der Waals surface area contributed by atoms with Gasteiger partial charge in [-0.3, -0.25) is 9.80 Å². The molecule has 0 aromatic heterocycles. The van der Waals surface area contributed by atoms with Crippen LogP contribution < -0.4 is 5.01 Å². The van der Waals surface area contributed by atoms with Gasteiger partial charge in [-0.2, -0.15) is 5.01 Å². The summed E-state index contributed by atoms with van der Waals surface area (Å²) in [6.45, 7) is 1.75. The van der Waals surface area contributed by atoms with Gasteiger partial charge in [0.25, 0.3) is 11.1 Å². The van der Waals surface area contributed by atoms with Gasteiger partial charge in [-0.25, -0.2) is 0 Å². The molecule has 1 aliphatic heterocycles. The molecule has 0 saturated carbocycles. The fourth-order valence-electron chi connectivity index (χ4n) is 2.50. The Balaban J connectivity index is 1.96. The molecule has 4 nitrogen and oxygen atoms in total. The van der Waals surface area contributed by atoms with Crippen molar-refractivity contribution in [2.24, 2.45) is 0 Å². The van der Waals surface area contributed by atoms with Gasteiger partial charge in [0, 0.05) is 12.6 Å². The molecule has 1 heterocycles. The zero-order valence-electron chi connectivity index (χ0n) is 12.4. The second-order valence-electron chi connectivity index (χ2n) is 5.24. The molecule has 1 saturated heterocycles. The van der Waals surface area contributed by atoms with Crippen molar-refractivity contribution in [3.63, 3.8) is 0 Å². The van der Waals surface area contributed by atoms with Gasteiger partial charge in [0.1, 0.15) is 0 Å². The monoisotopic (exact) mass is 312 g/mol. The Labute approximate surface area is 134 Å². The molecule has 0 bridgehead atoms. The Bertz CT molecular complexity index is 705. The van der Waals surface area contributed by atoms with Crippen LogP contribution in [0.2, 0.25) is 0 Å². The topological polar surface area (TPSA) is 32.8 Å². The normalized spacial score (nSPS) is 20.9. The Kier molecular flexibility index (Phi) is 3.58. The summed E-state index contributed by atoms with van der Waals surface area (Å²) in [5.74, 6) is -0.199. The van der Waals surface area contributed by atoms with E-state index in [9.17, 15) is 4.79 Å². The van der Waals surface area contributed by atoms with E-state index < -0.39 is 5.60 Å². The molecule has 1 fully saturated rings. The fraction of sp³-hybridized carbons (Fsp3) is 0.176. The van der Waals surface area contributed by atoms with Gasteiger partial charge in [-0.15, -0.1) is 0 Å². The SMILES string of the molecule is CN(c1ccccc1)N1C(=O)C(C)(c2ccccc2)OC1=S. The number of ether oxygens (including phenoxy) is 1. The third kappa shape index (κ3) is 2.23. The number of hydrogen-bond acceptors (Lipinski definition) is 4. The van der Waals surface area contributed by atoms with Crippen LogP contribution in [0.4, 0.5) is 5.69 Å². The number of hydrazine groups is 1. The molecule has 1 atom stereocenters. The van der Waals surface area contributed by atoms with E-state index in [0.29, 0.717) is 0 Å². The number of carbonyl (C=O) groups is 1. The molecule has 2 aromatic rings. The van der Waals surface area contributed by atoms with Crippen LogP contribution in [0.15, 0.2) is 60.7 Å². The van der Waals surface area contributed by atoms with E-state index in [2.05, 4.69) is 0 Å². The van der Waals surface area contributed by atoms with Gasteiger partial charge >= 0.3 is 0 Å². The van der Waals surface area contributed by atoms with Crippen molar-refractivity contribution < 1.29 is 9.53 Å². The molecule has 1 unspecified atom stereocenters. The van der Waals surface area contributed by atoms with Crippen LogP contribution in [-0.4, -0.2) is 23.1 Å². The lowest BCUT2D eigenvalue weighted by atomic mass is 9.95. The number of thiocarbonyl (C=S) groups is 1. The minimum atomic E-state index is -1.10. The molecule has 5 heteroatoms. The smallest absolute Gasteiger partial charge is 0.297 e. The van der Waals surface area contributed by atoms with Crippen molar-refractivity contribution in [2.75, 3.05) is 12.1 Å². The number of anilines is 1. The lowest BCUT2D eigenvalue weighted by molar-refractivity contribution is -0.136. The first-order valence-corrected chi connectivity index (χ1v) is 7.36. The molecular weight excluding hydrogens is 296 g/mol. The van der Waals surface area contributed by atoms with E-state index in [0.717, 1.165) is 11.3 Å². The average molecular weight is 312 g/mol. The van der Waals surface area contributed by atoms with Gasteiger partial charge in [0.2, 0.25) is 5.60 Å². The summed E-state index contributed by atoms with van der Waals surface area (Å²) in [4.78, 5) is 12.9. The number of benzene rings is 2. The minimum Gasteiger partial charge on any atom is -0.448 e. The van der Waals surface area contributed by atoms with Crippen molar-refractivity contribution in [3.05, 3.63) is 66.2 Å². The zero-order valence-corrected chi connectivity index (χ0v) is 13.2. The van der Waals surface area contributed by atoms with Crippen LogP contribution in [0.25, 0.3) is 0 Å². The number of hydrogen-bond donors (Lipinski definition) is 0. The number of nitrogens with zero attached hydrogens (tertiary/aromatic N) is 2. The van der Waals surface area contributed by atoms with Crippen molar-refractivity contribution in [1.82, 2.24) is 5.01 Å². The third-order valence-electron chi connectivity index (χ3n) is 3.82. The standard InChI is InChI=1S/C17H16N2O2S/c1-17(13-9-5-3-6-10-13)15(20)19(16(22)21-17)18(2)14-11-7-4-8-12-14/h3-12H,1-2H3. The fourth-order valence-corrected chi connectivity index (χ4v) is 2.88. The highest BCUT2D eigenvalue weighted by molar-refractivity contribution is 7.80. The summed E-state index contributed by atoms with van der Waals surface area (Å²) < 4.78 is 5.77. The van der Waals surface area contributed by atoms with Crippen molar-refractivity contribution in [1.29, 1.82) is 0 Å². The maximum absolute atomic E-state index is 12.9. The van der Waals surface area contributed by atoms with Crippen molar-refractivity contribution in [3.8, 4) is 0 Å². The molecule has 0 N–H and O–H groups in total. The maximum Gasteiger partial charge on any atom is 0.297 e. The van der Waals surface area contributed by atoms with E-state index in [1.54, 1.807) is 19.0 Å². The highest BCUT2D eigenvalue weighted by Gasteiger charge is 2.51. The minimum absolute atomic E-state index is 0.155. The number of para-hydroxylation sites is 1. The summed E-state index contributed by atoms with van der Waals surface area (Å²) in [6.07, 6.45) is 0. The first kappa shape index (κ1) is 14.5. The summed E-state index contributed by atoms with van der Waals surface area (Å²) >= 11 is 5.28. The van der Waals surface area contributed by atoms with Crippen molar-refractivity contribution >= 4 is 29.0 Å². The second-order valence-corrected chi connectivity index (χ2v) is 5.59. The summed E-state index contributed by atoms with van der Waals surface area (Å²) in [7, 11) is 1.79. The Morgan fingerprint density at radius 1 is 1.05 bits per heavy atom. The molecule has 1 aliphatic rings. The predicted molar refractivity (Wildman–Crippen MR) is 89.2 cm³/mol. The molecule has 1 amide bonds. The molecule has 0 aliphatic carbocycles. The lowest BCUT2D eigenvalue weighted by Gasteiger charge is -2.28. The molecule has 0 spiro atoms. The molecular formula is C17H16N2O2S. The molecule has 22 heavy (non-hydrogen) atoms. The number of rotatable bonds is 3. The molecule has 2 aromatic carbocycles.